The van der Waals surface area contributed by atoms with Crippen LogP contribution in [0.25, 0.3) is 0 Å². The minimum absolute atomic E-state index is 0.0475. The summed E-state index contributed by atoms with van der Waals surface area (Å²) < 4.78 is 29.4. The number of hydrogen-bond donors (Lipinski definition) is 1. The van der Waals surface area contributed by atoms with E-state index in [1.54, 1.807) is 13.0 Å². The number of aryl methyl sites for hydroxylation is 1. The van der Waals surface area contributed by atoms with Gasteiger partial charge in [-0.1, -0.05) is 18.2 Å². The van der Waals surface area contributed by atoms with Crippen molar-refractivity contribution in [1.29, 1.82) is 0 Å². The van der Waals surface area contributed by atoms with E-state index in [0.29, 0.717) is 5.56 Å². The fourth-order valence-corrected chi connectivity index (χ4v) is 2.93. The van der Waals surface area contributed by atoms with Gasteiger partial charge in [0.25, 0.3) is 0 Å². The zero-order valence-corrected chi connectivity index (χ0v) is 11.4. The van der Waals surface area contributed by atoms with Gasteiger partial charge in [0.1, 0.15) is 16.4 Å². The minimum Gasteiger partial charge on any atom is -0.508 e. The molecule has 0 radical (unpaired) electrons. The molecule has 0 amide bonds. The lowest BCUT2D eigenvalue weighted by Gasteiger charge is -2.10. The smallest absolute Gasteiger partial charge is 0.339 e. The fourth-order valence-electron chi connectivity index (χ4n) is 1.70. The van der Waals surface area contributed by atoms with Crippen molar-refractivity contribution < 1.29 is 17.7 Å². The monoisotopic (exact) mass is 278 g/mol. The molecular weight excluding hydrogens is 264 g/mol. The van der Waals surface area contributed by atoms with E-state index < -0.39 is 10.1 Å². The van der Waals surface area contributed by atoms with Crippen LogP contribution in [0.1, 0.15) is 11.1 Å². The summed E-state index contributed by atoms with van der Waals surface area (Å²) in [5.74, 6) is 0.0366. The van der Waals surface area contributed by atoms with Crippen LogP contribution in [0, 0.1) is 13.8 Å². The molecule has 0 aromatic heterocycles. The molecule has 0 aliphatic carbocycles. The number of phenols is 1. The van der Waals surface area contributed by atoms with Gasteiger partial charge in [0.05, 0.1) is 0 Å². The van der Waals surface area contributed by atoms with Gasteiger partial charge in [0.15, 0.2) is 0 Å². The quantitative estimate of drug-likeness (QED) is 0.877. The summed E-state index contributed by atoms with van der Waals surface area (Å²) in [6.45, 7) is 3.57. The normalized spacial score (nSPS) is 11.3. The summed E-state index contributed by atoms with van der Waals surface area (Å²) in [6, 6.07) is 10.7. The van der Waals surface area contributed by atoms with Gasteiger partial charge >= 0.3 is 10.1 Å². The van der Waals surface area contributed by atoms with Crippen LogP contribution < -0.4 is 4.18 Å². The van der Waals surface area contributed by atoms with Crippen LogP contribution in [0.2, 0.25) is 0 Å². The first-order chi connectivity index (χ1) is 8.90. The molecule has 0 heterocycles. The molecule has 0 spiro atoms. The van der Waals surface area contributed by atoms with E-state index in [1.165, 1.54) is 30.3 Å². The molecule has 0 aliphatic heterocycles. The number of aromatic hydroxyl groups is 1. The lowest BCUT2D eigenvalue weighted by atomic mass is 10.1. The highest BCUT2D eigenvalue weighted by atomic mass is 32.2. The second-order valence-corrected chi connectivity index (χ2v) is 5.75. The standard InChI is InChI=1S/C14H14O4S/c1-10-5-3-8-14(11(10)2)19(16,17)18-13-7-4-6-12(15)9-13/h3-9,15H,1-2H3. The third kappa shape index (κ3) is 2.88. The van der Waals surface area contributed by atoms with Crippen LogP contribution in [0.4, 0.5) is 0 Å². The predicted octanol–water partition coefficient (Wildman–Crippen LogP) is 2.78. The Balaban J connectivity index is 2.41. The molecule has 0 saturated heterocycles. The third-order valence-electron chi connectivity index (χ3n) is 2.85. The van der Waals surface area contributed by atoms with Crippen LogP contribution in [0.15, 0.2) is 47.4 Å². The molecule has 19 heavy (non-hydrogen) atoms. The lowest BCUT2D eigenvalue weighted by Crippen LogP contribution is -2.11. The van der Waals surface area contributed by atoms with Crippen LogP contribution >= 0.6 is 0 Å². The molecule has 0 aliphatic rings. The maximum atomic E-state index is 12.2. The Kier molecular flexibility index (Phi) is 3.48. The van der Waals surface area contributed by atoms with Gasteiger partial charge in [-0.2, -0.15) is 8.42 Å². The lowest BCUT2D eigenvalue weighted by molar-refractivity contribution is 0.463. The van der Waals surface area contributed by atoms with Crippen LogP contribution in [0.3, 0.4) is 0 Å². The molecule has 0 atom stereocenters. The highest BCUT2D eigenvalue weighted by Crippen LogP contribution is 2.25. The molecule has 0 saturated carbocycles. The average molecular weight is 278 g/mol. The molecule has 5 heteroatoms. The van der Waals surface area contributed by atoms with E-state index in [2.05, 4.69) is 0 Å². The van der Waals surface area contributed by atoms with E-state index in [0.717, 1.165) is 5.56 Å². The molecule has 4 nitrogen and oxygen atoms in total. The van der Waals surface area contributed by atoms with E-state index in [4.69, 9.17) is 4.18 Å². The van der Waals surface area contributed by atoms with Gasteiger partial charge < -0.3 is 9.29 Å². The summed E-state index contributed by atoms with van der Waals surface area (Å²) in [4.78, 5) is 0.135. The third-order valence-corrected chi connectivity index (χ3v) is 4.24. The first-order valence-electron chi connectivity index (χ1n) is 5.70. The van der Waals surface area contributed by atoms with Crippen LogP contribution in [-0.4, -0.2) is 13.5 Å². The van der Waals surface area contributed by atoms with Gasteiger partial charge in [-0.15, -0.1) is 0 Å². The summed E-state index contributed by atoms with van der Waals surface area (Å²) >= 11 is 0. The van der Waals surface area contributed by atoms with E-state index >= 15 is 0 Å². The SMILES string of the molecule is Cc1cccc(S(=O)(=O)Oc2cccc(O)c2)c1C. The molecule has 0 unspecified atom stereocenters. The minimum atomic E-state index is -3.89. The van der Waals surface area contributed by atoms with Crippen LogP contribution in [-0.2, 0) is 10.1 Å². The Morgan fingerprint density at radius 1 is 1.05 bits per heavy atom. The molecule has 0 bridgehead atoms. The molecule has 100 valence electrons. The Labute approximate surface area is 112 Å². The van der Waals surface area contributed by atoms with Gasteiger partial charge in [-0.05, 0) is 43.2 Å². The predicted molar refractivity (Wildman–Crippen MR) is 71.8 cm³/mol. The number of benzene rings is 2. The number of phenolic OH excluding ortho intramolecular Hbond substituents is 1. The summed E-state index contributed by atoms with van der Waals surface area (Å²) in [5.41, 5.74) is 1.53. The molecular formula is C14H14O4S. The van der Waals surface area contributed by atoms with E-state index in [-0.39, 0.29) is 16.4 Å². The van der Waals surface area contributed by atoms with Crippen molar-refractivity contribution in [3.05, 3.63) is 53.6 Å². The molecule has 0 fully saturated rings. The van der Waals surface area contributed by atoms with E-state index in [9.17, 15) is 13.5 Å². The highest BCUT2D eigenvalue weighted by molar-refractivity contribution is 7.87. The summed E-state index contributed by atoms with van der Waals surface area (Å²) in [7, 11) is -3.89. The van der Waals surface area contributed by atoms with Crippen molar-refractivity contribution in [1.82, 2.24) is 0 Å². The number of rotatable bonds is 3. The zero-order valence-electron chi connectivity index (χ0n) is 10.6. The largest absolute Gasteiger partial charge is 0.508 e. The summed E-state index contributed by atoms with van der Waals surface area (Å²) in [5, 5.41) is 9.30. The Morgan fingerprint density at radius 3 is 2.42 bits per heavy atom. The topological polar surface area (TPSA) is 63.6 Å². The second-order valence-electron chi connectivity index (χ2n) is 4.23. The number of hydrogen-bond acceptors (Lipinski definition) is 4. The maximum absolute atomic E-state index is 12.2. The summed E-state index contributed by atoms with van der Waals surface area (Å²) in [6.07, 6.45) is 0. The molecule has 2 rings (SSSR count). The Bertz CT molecular complexity index is 705. The zero-order chi connectivity index (χ0) is 14.0. The van der Waals surface area contributed by atoms with Crippen molar-refractivity contribution >= 4 is 10.1 Å². The first-order valence-corrected chi connectivity index (χ1v) is 7.11. The van der Waals surface area contributed by atoms with Crippen molar-refractivity contribution in [2.24, 2.45) is 0 Å². The van der Waals surface area contributed by atoms with Crippen LogP contribution in [0.5, 0.6) is 11.5 Å². The van der Waals surface area contributed by atoms with Crippen molar-refractivity contribution in [2.45, 2.75) is 18.7 Å². The van der Waals surface area contributed by atoms with Crippen molar-refractivity contribution in [2.75, 3.05) is 0 Å². The average Bonchev–Trinajstić information content (AvgIpc) is 2.32. The van der Waals surface area contributed by atoms with Gasteiger partial charge in [-0.3, -0.25) is 0 Å². The molecule has 2 aromatic rings. The Hall–Kier alpha value is -2.01. The second kappa shape index (κ2) is 4.93. The van der Waals surface area contributed by atoms with Crippen molar-refractivity contribution in [3.8, 4) is 11.5 Å². The Morgan fingerprint density at radius 2 is 1.74 bits per heavy atom. The first kappa shape index (κ1) is 13.4. The fraction of sp³-hybridized carbons (Fsp3) is 0.143. The molecule has 1 N–H and O–H groups in total. The molecule has 2 aromatic carbocycles. The highest BCUT2D eigenvalue weighted by Gasteiger charge is 2.20. The van der Waals surface area contributed by atoms with Gasteiger partial charge in [0.2, 0.25) is 0 Å². The maximum Gasteiger partial charge on any atom is 0.339 e. The van der Waals surface area contributed by atoms with Crippen molar-refractivity contribution in [3.63, 3.8) is 0 Å². The van der Waals surface area contributed by atoms with Gasteiger partial charge in [0, 0.05) is 6.07 Å². The van der Waals surface area contributed by atoms with Gasteiger partial charge in [-0.25, -0.2) is 0 Å². The van der Waals surface area contributed by atoms with E-state index in [1.807, 2.05) is 13.0 Å².